The van der Waals surface area contributed by atoms with Gasteiger partial charge in [0.1, 0.15) is 5.75 Å². The molecule has 1 aromatic rings. The van der Waals surface area contributed by atoms with Gasteiger partial charge in [-0.05, 0) is 44.0 Å². The molecular weight excluding hydrogens is 292 g/mol. The Morgan fingerprint density at radius 3 is 2.57 bits per heavy atom. The molecule has 1 rings (SSSR count). The Bertz CT molecular complexity index is 653. The Morgan fingerprint density at radius 1 is 1.43 bits per heavy atom. The van der Waals surface area contributed by atoms with Crippen LogP contribution in [-0.2, 0) is 14.8 Å². The molecule has 21 heavy (non-hydrogen) atoms. The molecule has 6 nitrogen and oxygen atoms in total. The van der Waals surface area contributed by atoms with Crippen molar-refractivity contribution < 1.29 is 17.9 Å². The van der Waals surface area contributed by atoms with Crippen molar-refractivity contribution in [1.29, 1.82) is 0 Å². The zero-order valence-corrected chi connectivity index (χ0v) is 13.2. The molecule has 0 aliphatic carbocycles. The number of carbonyl (C=O) groups excluding carboxylic acids is 1. The summed E-state index contributed by atoms with van der Waals surface area (Å²) in [5.74, 6) is 0.170. The van der Waals surface area contributed by atoms with E-state index in [1.807, 2.05) is 0 Å². The molecule has 1 amide bonds. The quantitative estimate of drug-likeness (QED) is 0.766. The van der Waals surface area contributed by atoms with Crippen molar-refractivity contribution in [2.24, 2.45) is 5.14 Å². The Hall–Kier alpha value is -1.86. The van der Waals surface area contributed by atoms with E-state index in [1.165, 1.54) is 6.07 Å². The predicted molar refractivity (Wildman–Crippen MR) is 80.6 cm³/mol. The topological polar surface area (TPSA) is 98.5 Å². The van der Waals surface area contributed by atoms with Crippen LogP contribution < -0.4 is 15.2 Å². The van der Waals surface area contributed by atoms with Crippen molar-refractivity contribution >= 4 is 15.9 Å². The van der Waals surface area contributed by atoms with E-state index in [9.17, 15) is 13.2 Å². The van der Waals surface area contributed by atoms with Crippen LogP contribution in [0.2, 0.25) is 0 Å². The highest BCUT2D eigenvalue weighted by molar-refractivity contribution is 7.89. The monoisotopic (exact) mass is 312 g/mol. The maximum Gasteiger partial charge on any atom is 0.261 e. The SMILES string of the molecule is C=CCNC(=O)C(C)Oc1cc(C)c(S(N)(=O)=O)cc1C. The van der Waals surface area contributed by atoms with Crippen molar-refractivity contribution in [2.75, 3.05) is 6.54 Å². The van der Waals surface area contributed by atoms with Gasteiger partial charge < -0.3 is 10.1 Å². The first kappa shape index (κ1) is 17.2. The molecule has 116 valence electrons. The Kier molecular flexibility index (Phi) is 5.51. The molecule has 7 heteroatoms. The lowest BCUT2D eigenvalue weighted by molar-refractivity contribution is -0.127. The van der Waals surface area contributed by atoms with Gasteiger partial charge in [-0.1, -0.05) is 6.08 Å². The summed E-state index contributed by atoms with van der Waals surface area (Å²) in [6.45, 7) is 8.79. The number of aryl methyl sites for hydroxylation is 2. The highest BCUT2D eigenvalue weighted by Gasteiger charge is 2.18. The average Bonchev–Trinajstić information content (AvgIpc) is 2.38. The number of ether oxygens (including phenoxy) is 1. The van der Waals surface area contributed by atoms with Crippen molar-refractivity contribution in [1.82, 2.24) is 5.32 Å². The highest BCUT2D eigenvalue weighted by atomic mass is 32.2. The minimum atomic E-state index is -3.78. The molecule has 0 saturated heterocycles. The lowest BCUT2D eigenvalue weighted by Crippen LogP contribution is -2.36. The molecule has 1 atom stereocenters. The molecule has 0 fully saturated rings. The van der Waals surface area contributed by atoms with E-state index >= 15 is 0 Å². The maximum atomic E-state index is 11.7. The van der Waals surface area contributed by atoms with E-state index < -0.39 is 16.1 Å². The van der Waals surface area contributed by atoms with E-state index in [4.69, 9.17) is 9.88 Å². The molecule has 0 aliphatic heterocycles. The van der Waals surface area contributed by atoms with E-state index in [0.29, 0.717) is 23.4 Å². The molecule has 0 radical (unpaired) electrons. The normalized spacial score (nSPS) is 12.6. The van der Waals surface area contributed by atoms with Gasteiger partial charge in [-0.25, -0.2) is 13.6 Å². The number of nitrogens with two attached hydrogens (primary N) is 1. The summed E-state index contributed by atoms with van der Waals surface area (Å²) >= 11 is 0. The third-order valence-electron chi connectivity index (χ3n) is 2.87. The van der Waals surface area contributed by atoms with Crippen molar-refractivity contribution in [3.05, 3.63) is 35.9 Å². The standard InChI is InChI=1S/C14H20N2O4S/c1-5-6-16-14(17)11(4)20-12-7-10(3)13(8-9(12)2)21(15,18)19/h5,7-8,11H,1,6H2,2-4H3,(H,16,17)(H2,15,18,19). The second-order valence-electron chi connectivity index (χ2n) is 4.72. The summed E-state index contributed by atoms with van der Waals surface area (Å²) in [6, 6.07) is 3.00. The van der Waals surface area contributed by atoms with Gasteiger partial charge in [-0.15, -0.1) is 6.58 Å². The number of benzene rings is 1. The molecule has 0 saturated carbocycles. The van der Waals surface area contributed by atoms with E-state index in [2.05, 4.69) is 11.9 Å². The fourth-order valence-electron chi connectivity index (χ4n) is 1.76. The van der Waals surface area contributed by atoms with Crippen molar-refractivity contribution in [3.8, 4) is 5.75 Å². The van der Waals surface area contributed by atoms with Gasteiger partial charge in [-0.2, -0.15) is 0 Å². The number of rotatable bonds is 6. The van der Waals surface area contributed by atoms with Crippen LogP contribution in [0.3, 0.4) is 0 Å². The van der Waals surface area contributed by atoms with Gasteiger partial charge in [-0.3, -0.25) is 4.79 Å². The maximum absolute atomic E-state index is 11.7. The summed E-state index contributed by atoms with van der Waals surface area (Å²) in [5, 5.41) is 7.76. The van der Waals surface area contributed by atoms with Crippen LogP contribution >= 0.6 is 0 Å². The molecule has 1 aromatic carbocycles. The third-order valence-corrected chi connectivity index (χ3v) is 3.93. The Morgan fingerprint density at radius 2 is 2.05 bits per heavy atom. The second-order valence-corrected chi connectivity index (χ2v) is 6.25. The van der Waals surface area contributed by atoms with Crippen LogP contribution in [0.1, 0.15) is 18.1 Å². The summed E-state index contributed by atoms with van der Waals surface area (Å²) in [4.78, 5) is 11.8. The van der Waals surface area contributed by atoms with Gasteiger partial charge in [0.05, 0.1) is 4.90 Å². The molecule has 0 bridgehead atoms. The molecule has 0 aromatic heterocycles. The fourth-order valence-corrected chi connectivity index (χ4v) is 2.61. The van der Waals surface area contributed by atoms with Crippen LogP contribution in [0.5, 0.6) is 5.75 Å². The Balaban J connectivity index is 2.98. The number of hydrogen-bond acceptors (Lipinski definition) is 4. The number of nitrogens with one attached hydrogen (secondary N) is 1. The molecule has 3 N–H and O–H groups in total. The van der Waals surface area contributed by atoms with Crippen LogP contribution in [-0.4, -0.2) is 27.0 Å². The predicted octanol–water partition coefficient (Wildman–Crippen LogP) is 1.02. The fraction of sp³-hybridized carbons (Fsp3) is 0.357. The van der Waals surface area contributed by atoms with Crippen LogP contribution in [0.4, 0.5) is 0 Å². The summed E-state index contributed by atoms with van der Waals surface area (Å²) < 4.78 is 28.4. The van der Waals surface area contributed by atoms with E-state index in [0.717, 1.165) is 0 Å². The van der Waals surface area contributed by atoms with Crippen molar-refractivity contribution in [3.63, 3.8) is 0 Å². The summed E-state index contributed by atoms with van der Waals surface area (Å²) in [5.41, 5.74) is 1.06. The van der Waals surface area contributed by atoms with Gasteiger partial charge in [0.2, 0.25) is 10.0 Å². The third kappa shape index (κ3) is 4.57. The van der Waals surface area contributed by atoms with Gasteiger partial charge in [0.25, 0.3) is 5.91 Å². The first-order valence-corrected chi connectivity index (χ1v) is 7.90. The molecule has 1 unspecified atom stereocenters. The van der Waals surface area contributed by atoms with Crippen LogP contribution in [0, 0.1) is 13.8 Å². The highest BCUT2D eigenvalue weighted by Crippen LogP contribution is 2.26. The number of primary sulfonamides is 1. The zero-order chi connectivity index (χ0) is 16.2. The van der Waals surface area contributed by atoms with Crippen LogP contribution in [0.25, 0.3) is 0 Å². The first-order valence-electron chi connectivity index (χ1n) is 6.36. The number of carbonyl (C=O) groups is 1. The first-order chi connectivity index (χ1) is 9.66. The van der Waals surface area contributed by atoms with E-state index in [1.54, 1.807) is 32.9 Å². The van der Waals surface area contributed by atoms with Gasteiger partial charge >= 0.3 is 0 Å². The Labute approximate surface area is 125 Å². The molecule has 0 aliphatic rings. The van der Waals surface area contributed by atoms with Gasteiger partial charge in [0.15, 0.2) is 6.10 Å². The lowest BCUT2D eigenvalue weighted by Gasteiger charge is -2.17. The lowest BCUT2D eigenvalue weighted by atomic mass is 10.1. The molecule has 0 spiro atoms. The molecule has 0 heterocycles. The number of hydrogen-bond donors (Lipinski definition) is 2. The second kappa shape index (κ2) is 6.73. The minimum absolute atomic E-state index is 0.0520. The van der Waals surface area contributed by atoms with Gasteiger partial charge in [0, 0.05) is 6.54 Å². The van der Waals surface area contributed by atoms with E-state index in [-0.39, 0.29) is 10.8 Å². The number of amides is 1. The average molecular weight is 312 g/mol. The summed E-state index contributed by atoms with van der Waals surface area (Å²) in [6.07, 6.45) is 0.865. The molecular formula is C14H20N2O4S. The number of sulfonamides is 1. The smallest absolute Gasteiger partial charge is 0.261 e. The largest absolute Gasteiger partial charge is 0.481 e. The summed E-state index contributed by atoms with van der Waals surface area (Å²) in [7, 11) is -3.78. The van der Waals surface area contributed by atoms with Crippen molar-refractivity contribution in [2.45, 2.75) is 31.8 Å². The van der Waals surface area contributed by atoms with Crippen LogP contribution in [0.15, 0.2) is 29.7 Å². The minimum Gasteiger partial charge on any atom is -0.481 e. The zero-order valence-electron chi connectivity index (χ0n) is 12.3.